The fourth-order valence-electron chi connectivity index (χ4n) is 1.56. The van der Waals surface area contributed by atoms with E-state index in [1.165, 1.54) is 6.92 Å². The number of rotatable bonds is 4. The number of benzene rings is 1. The third kappa shape index (κ3) is 3.26. The quantitative estimate of drug-likeness (QED) is 0.735. The molecule has 3 heteroatoms. The Balaban J connectivity index is 2.88. The van der Waals surface area contributed by atoms with Crippen molar-refractivity contribution in [2.75, 3.05) is 7.11 Å². The molecule has 0 fully saturated rings. The van der Waals surface area contributed by atoms with E-state index >= 15 is 0 Å². The average Bonchev–Trinajstić information content (AvgIpc) is 2.25. The van der Waals surface area contributed by atoms with E-state index in [-0.39, 0.29) is 18.0 Å². The van der Waals surface area contributed by atoms with Crippen LogP contribution in [-0.4, -0.2) is 13.1 Å². The second-order valence-electron chi connectivity index (χ2n) is 4.05. The molecule has 1 aromatic carbocycles. The van der Waals surface area contributed by atoms with Crippen molar-refractivity contribution < 1.29 is 14.3 Å². The normalized spacial score (nSPS) is 12.3. The first kappa shape index (κ1) is 12.6. The smallest absolute Gasteiger partial charge is 0.303 e. The molecular formula is C13H18O3. The first-order valence-electron chi connectivity index (χ1n) is 5.35. The maximum Gasteiger partial charge on any atom is 0.303 e. The summed E-state index contributed by atoms with van der Waals surface area (Å²) in [4.78, 5) is 11.0. The van der Waals surface area contributed by atoms with Crippen LogP contribution >= 0.6 is 0 Å². The molecule has 0 spiro atoms. The third-order valence-corrected chi connectivity index (χ3v) is 2.34. The lowest BCUT2D eigenvalue weighted by atomic mass is 9.99. The van der Waals surface area contributed by atoms with E-state index in [4.69, 9.17) is 9.47 Å². The summed E-state index contributed by atoms with van der Waals surface area (Å²) in [6, 6.07) is 7.58. The molecule has 0 unspecified atom stereocenters. The number of methoxy groups -OCH3 is 1. The molecule has 0 radical (unpaired) electrons. The molecule has 1 rings (SSSR count). The lowest BCUT2D eigenvalue weighted by Gasteiger charge is -2.21. The van der Waals surface area contributed by atoms with Crippen LogP contribution in [-0.2, 0) is 9.53 Å². The van der Waals surface area contributed by atoms with Gasteiger partial charge in [-0.1, -0.05) is 26.0 Å². The van der Waals surface area contributed by atoms with E-state index in [0.717, 1.165) is 11.3 Å². The minimum atomic E-state index is -0.255. The molecule has 0 saturated heterocycles. The molecule has 0 bridgehead atoms. The van der Waals surface area contributed by atoms with Gasteiger partial charge in [-0.15, -0.1) is 0 Å². The van der Waals surface area contributed by atoms with Gasteiger partial charge in [-0.25, -0.2) is 0 Å². The highest BCUT2D eigenvalue weighted by atomic mass is 16.5. The zero-order chi connectivity index (χ0) is 12.1. The van der Waals surface area contributed by atoms with Gasteiger partial charge in [0.05, 0.1) is 7.11 Å². The Kier molecular flexibility index (Phi) is 4.35. The Hall–Kier alpha value is -1.51. The Labute approximate surface area is 96.4 Å². The second kappa shape index (κ2) is 5.54. The van der Waals surface area contributed by atoms with Gasteiger partial charge < -0.3 is 9.47 Å². The van der Waals surface area contributed by atoms with Crippen molar-refractivity contribution >= 4 is 5.97 Å². The number of hydrogen-bond donors (Lipinski definition) is 0. The molecule has 16 heavy (non-hydrogen) atoms. The van der Waals surface area contributed by atoms with Gasteiger partial charge in [-0.3, -0.25) is 4.79 Å². The number of carbonyl (C=O) groups is 1. The Morgan fingerprint density at radius 2 is 1.75 bits per heavy atom. The minimum absolute atomic E-state index is 0.191. The van der Waals surface area contributed by atoms with E-state index in [9.17, 15) is 4.79 Å². The van der Waals surface area contributed by atoms with Gasteiger partial charge in [-0.2, -0.15) is 0 Å². The highest BCUT2D eigenvalue weighted by Gasteiger charge is 2.18. The molecule has 0 saturated carbocycles. The van der Waals surface area contributed by atoms with Gasteiger partial charge in [0, 0.05) is 6.92 Å². The summed E-state index contributed by atoms with van der Waals surface area (Å²) in [5, 5.41) is 0. The van der Waals surface area contributed by atoms with E-state index in [1.807, 2.05) is 38.1 Å². The van der Waals surface area contributed by atoms with E-state index in [1.54, 1.807) is 7.11 Å². The first-order valence-corrected chi connectivity index (χ1v) is 5.35. The van der Waals surface area contributed by atoms with Crippen molar-refractivity contribution in [3.05, 3.63) is 29.8 Å². The van der Waals surface area contributed by atoms with Crippen molar-refractivity contribution in [1.29, 1.82) is 0 Å². The fourth-order valence-corrected chi connectivity index (χ4v) is 1.56. The maximum absolute atomic E-state index is 11.0. The third-order valence-electron chi connectivity index (χ3n) is 2.34. The number of carbonyl (C=O) groups excluding carboxylic acids is 1. The minimum Gasteiger partial charge on any atom is -0.497 e. The van der Waals surface area contributed by atoms with Crippen LogP contribution in [0, 0.1) is 5.92 Å². The fraction of sp³-hybridized carbons (Fsp3) is 0.462. The van der Waals surface area contributed by atoms with E-state index in [0.29, 0.717) is 0 Å². The van der Waals surface area contributed by atoms with Crippen LogP contribution < -0.4 is 4.74 Å². The molecular weight excluding hydrogens is 204 g/mol. The topological polar surface area (TPSA) is 35.5 Å². The largest absolute Gasteiger partial charge is 0.497 e. The van der Waals surface area contributed by atoms with Crippen molar-refractivity contribution in [2.45, 2.75) is 26.9 Å². The van der Waals surface area contributed by atoms with E-state index in [2.05, 4.69) is 0 Å². The number of ether oxygens (including phenoxy) is 2. The van der Waals surface area contributed by atoms with E-state index < -0.39 is 0 Å². The Morgan fingerprint density at radius 1 is 1.19 bits per heavy atom. The molecule has 0 amide bonds. The average molecular weight is 222 g/mol. The van der Waals surface area contributed by atoms with Gasteiger partial charge in [0.2, 0.25) is 0 Å². The van der Waals surface area contributed by atoms with Gasteiger partial charge >= 0.3 is 5.97 Å². The number of esters is 1. The monoisotopic (exact) mass is 222 g/mol. The summed E-state index contributed by atoms with van der Waals surface area (Å²) in [6.45, 7) is 5.48. The van der Waals surface area contributed by atoms with Gasteiger partial charge in [0.1, 0.15) is 11.9 Å². The summed E-state index contributed by atoms with van der Waals surface area (Å²) >= 11 is 0. The van der Waals surface area contributed by atoms with Gasteiger partial charge in [0.15, 0.2) is 0 Å². The van der Waals surface area contributed by atoms with Crippen LogP contribution in [0.3, 0.4) is 0 Å². The molecule has 1 aromatic rings. The standard InChI is InChI=1S/C13H18O3/c1-9(2)13(16-10(3)14)11-5-7-12(15-4)8-6-11/h5-9,13H,1-4H3/t13-/m0/s1. The molecule has 0 aliphatic rings. The summed E-state index contributed by atoms with van der Waals surface area (Å²) in [5.74, 6) is 0.792. The van der Waals surface area contributed by atoms with Crippen LogP contribution in [0.5, 0.6) is 5.75 Å². The van der Waals surface area contributed by atoms with Crippen molar-refractivity contribution in [2.24, 2.45) is 5.92 Å². The maximum atomic E-state index is 11.0. The molecule has 0 aliphatic carbocycles. The summed E-state index contributed by atoms with van der Waals surface area (Å²) in [6.07, 6.45) is -0.191. The van der Waals surface area contributed by atoms with Crippen LogP contribution in [0.25, 0.3) is 0 Å². The molecule has 0 aromatic heterocycles. The lowest BCUT2D eigenvalue weighted by Crippen LogP contribution is -2.14. The second-order valence-corrected chi connectivity index (χ2v) is 4.05. The van der Waals surface area contributed by atoms with Gasteiger partial charge in [0.25, 0.3) is 0 Å². The summed E-state index contributed by atoms with van der Waals surface area (Å²) < 4.78 is 10.4. The van der Waals surface area contributed by atoms with Crippen molar-refractivity contribution in [3.8, 4) is 5.75 Å². The lowest BCUT2D eigenvalue weighted by molar-refractivity contribution is -0.149. The highest BCUT2D eigenvalue weighted by Crippen LogP contribution is 2.27. The Bertz CT molecular complexity index is 341. The molecule has 0 N–H and O–H groups in total. The van der Waals surface area contributed by atoms with Crippen LogP contribution in [0.2, 0.25) is 0 Å². The van der Waals surface area contributed by atoms with Crippen molar-refractivity contribution in [1.82, 2.24) is 0 Å². The highest BCUT2D eigenvalue weighted by molar-refractivity contribution is 5.66. The molecule has 0 aliphatic heterocycles. The summed E-state index contributed by atoms with van der Waals surface area (Å²) in [7, 11) is 1.63. The molecule has 1 atom stereocenters. The first-order chi connectivity index (χ1) is 7.54. The Morgan fingerprint density at radius 3 is 2.12 bits per heavy atom. The molecule has 88 valence electrons. The zero-order valence-corrected chi connectivity index (χ0v) is 10.2. The van der Waals surface area contributed by atoms with Crippen molar-refractivity contribution in [3.63, 3.8) is 0 Å². The van der Waals surface area contributed by atoms with Gasteiger partial charge in [-0.05, 0) is 23.6 Å². The van der Waals surface area contributed by atoms with Crippen LogP contribution in [0.4, 0.5) is 0 Å². The molecule has 0 heterocycles. The zero-order valence-electron chi connectivity index (χ0n) is 10.2. The summed E-state index contributed by atoms with van der Waals surface area (Å²) in [5.41, 5.74) is 0.992. The van der Waals surface area contributed by atoms with Crippen LogP contribution in [0.15, 0.2) is 24.3 Å². The number of hydrogen-bond acceptors (Lipinski definition) is 3. The predicted octanol–water partition coefficient (Wildman–Crippen LogP) is 2.96. The SMILES string of the molecule is COc1ccc([C@@H](OC(C)=O)C(C)C)cc1. The van der Waals surface area contributed by atoms with Crippen LogP contribution in [0.1, 0.15) is 32.4 Å². The predicted molar refractivity (Wildman–Crippen MR) is 62.3 cm³/mol. The molecule has 3 nitrogen and oxygen atoms in total.